The average Bonchev–Trinajstić information content (AvgIpc) is 3.23. The number of H-pyrrole nitrogens is 1. The van der Waals surface area contributed by atoms with E-state index in [1.807, 2.05) is 66.4 Å². The molecule has 1 atom stereocenters. The van der Waals surface area contributed by atoms with Crippen molar-refractivity contribution in [2.45, 2.75) is 19.4 Å². The van der Waals surface area contributed by atoms with Crippen LogP contribution in [0, 0.1) is 0 Å². The van der Waals surface area contributed by atoms with E-state index >= 15 is 0 Å². The second kappa shape index (κ2) is 8.90. The molecule has 168 valence electrons. The van der Waals surface area contributed by atoms with Crippen LogP contribution in [0.3, 0.4) is 0 Å². The zero-order valence-electron chi connectivity index (χ0n) is 18.8. The summed E-state index contributed by atoms with van der Waals surface area (Å²) in [5.74, 6) is 1.45. The molecule has 2 heterocycles. The maximum Gasteiger partial charge on any atom is 0.322 e. The van der Waals surface area contributed by atoms with Crippen LogP contribution in [0.4, 0.5) is 10.5 Å². The number of benzene rings is 3. The SMILES string of the molecule is CCOc1ccccc1NC(=O)N1CCc2c([nH]c3ccccc23)[C@H]1c1ccc(OC)cc1. The highest BCUT2D eigenvalue weighted by molar-refractivity contribution is 5.92. The largest absolute Gasteiger partial charge is 0.497 e. The Balaban J connectivity index is 1.55. The fourth-order valence-corrected chi connectivity index (χ4v) is 4.63. The van der Waals surface area contributed by atoms with Crippen molar-refractivity contribution >= 4 is 22.6 Å². The summed E-state index contributed by atoms with van der Waals surface area (Å²) in [6.45, 7) is 3.07. The summed E-state index contributed by atoms with van der Waals surface area (Å²) in [6.07, 6.45) is 0.784. The number of fused-ring (bicyclic) bond motifs is 3. The van der Waals surface area contributed by atoms with E-state index in [0.29, 0.717) is 24.6 Å². The van der Waals surface area contributed by atoms with E-state index in [1.54, 1.807) is 7.11 Å². The van der Waals surface area contributed by atoms with Crippen molar-refractivity contribution in [2.24, 2.45) is 0 Å². The standard InChI is InChI=1S/C27H27N3O3/c1-3-33-24-11-7-6-10-23(24)29-27(31)30-17-16-21-20-8-4-5-9-22(20)28-25(21)26(30)18-12-14-19(32-2)15-13-18/h4-15,26,28H,3,16-17H2,1-2H3,(H,29,31)/t26-/m1/s1. The molecule has 0 unspecified atom stereocenters. The second-order valence-corrected chi connectivity index (χ2v) is 8.04. The van der Waals surface area contributed by atoms with E-state index in [-0.39, 0.29) is 12.1 Å². The number of anilines is 1. The van der Waals surface area contributed by atoms with E-state index in [9.17, 15) is 4.79 Å². The summed E-state index contributed by atoms with van der Waals surface area (Å²) < 4.78 is 11.1. The predicted molar refractivity (Wildman–Crippen MR) is 130 cm³/mol. The van der Waals surface area contributed by atoms with Gasteiger partial charge in [0.25, 0.3) is 0 Å². The molecule has 1 aromatic heterocycles. The van der Waals surface area contributed by atoms with Gasteiger partial charge in [-0.2, -0.15) is 0 Å². The summed E-state index contributed by atoms with van der Waals surface area (Å²) in [7, 11) is 1.65. The summed E-state index contributed by atoms with van der Waals surface area (Å²) in [4.78, 5) is 19.1. The normalized spacial score (nSPS) is 15.2. The first-order chi connectivity index (χ1) is 16.2. The molecular weight excluding hydrogens is 414 g/mol. The maximum atomic E-state index is 13.6. The fourth-order valence-electron chi connectivity index (χ4n) is 4.63. The number of aromatic nitrogens is 1. The minimum atomic E-state index is -0.244. The van der Waals surface area contributed by atoms with Gasteiger partial charge < -0.3 is 24.7 Å². The second-order valence-electron chi connectivity index (χ2n) is 8.04. The number of hydrogen-bond donors (Lipinski definition) is 2. The molecule has 6 nitrogen and oxygen atoms in total. The zero-order valence-corrected chi connectivity index (χ0v) is 18.8. The minimum Gasteiger partial charge on any atom is -0.497 e. The number of amides is 2. The highest BCUT2D eigenvalue weighted by atomic mass is 16.5. The van der Waals surface area contributed by atoms with Crippen molar-refractivity contribution in [3.8, 4) is 11.5 Å². The average molecular weight is 442 g/mol. The highest BCUT2D eigenvalue weighted by Gasteiger charge is 2.34. The van der Waals surface area contributed by atoms with Crippen LogP contribution in [0.25, 0.3) is 10.9 Å². The molecule has 33 heavy (non-hydrogen) atoms. The number of nitrogens with zero attached hydrogens (tertiary/aromatic N) is 1. The number of methoxy groups -OCH3 is 1. The predicted octanol–water partition coefficient (Wildman–Crippen LogP) is 5.75. The molecule has 2 amide bonds. The van der Waals surface area contributed by atoms with Crippen LogP contribution in [-0.2, 0) is 6.42 Å². The van der Waals surface area contributed by atoms with Gasteiger partial charge in [-0.15, -0.1) is 0 Å². The first-order valence-corrected chi connectivity index (χ1v) is 11.2. The maximum absolute atomic E-state index is 13.6. The first-order valence-electron chi connectivity index (χ1n) is 11.2. The lowest BCUT2D eigenvalue weighted by atomic mass is 9.92. The summed E-state index contributed by atoms with van der Waals surface area (Å²) in [5, 5.41) is 4.29. The zero-order chi connectivity index (χ0) is 22.8. The molecule has 6 heteroatoms. The molecule has 0 fully saturated rings. The lowest BCUT2D eigenvalue weighted by Crippen LogP contribution is -2.43. The van der Waals surface area contributed by atoms with Crippen molar-refractivity contribution in [1.29, 1.82) is 0 Å². The number of hydrogen-bond acceptors (Lipinski definition) is 3. The molecular formula is C27H27N3O3. The molecule has 0 radical (unpaired) electrons. The Labute approximate surface area is 193 Å². The lowest BCUT2D eigenvalue weighted by Gasteiger charge is -2.36. The topological polar surface area (TPSA) is 66.6 Å². The van der Waals surface area contributed by atoms with Crippen molar-refractivity contribution in [1.82, 2.24) is 9.88 Å². The molecule has 2 N–H and O–H groups in total. The van der Waals surface area contributed by atoms with Gasteiger partial charge in [0.15, 0.2) is 0 Å². The van der Waals surface area contributed by atoms with Crippen LogP contribution in [0.2, 0.25) is 0 Å². The van der Waals surface area contributed by atoms with Gasteiger partial charge in [0, 0.05) is 23.1 Å². The Kier molecular flexibility index (Phi) is 5.65. The number of carbonyl (C=O) groups is 1. The highest BCUT2D eigenvalue weighted by Crippen LogP contribution is 2.39. The summed E-state index contributed by atoms with van der Waals surface area (Å²) >= 11 is 0. The van der Waals surface area contributed by atoms with Crippen molar-refractivity contribution in [3.63, 3.8) is 0 Å². The monoisotopic (exact) mass is 441 g/mol. The van der Waals surface area contributed by atoms with Gasteiger partial charge in [-0.3, -0.25) is 0 Å². The summed E-state index contributed by atoms with van der Waals surface area (Å²) in [5.41, 5.74) is 5.10. The van der Waals surface area contributed by atoms with Crippen LogP contribution >= 0.6 is 0 Å². The Morgan fingerprint density at radius 2 is 1.82 bits per heavy atom. The number of para-hydroxylation sites is 3. The van der Waals surface area contributed by atoms with Crippen LogP contribution in [-0.4, -0.2) is 36.2 Å². The van der Waals surface area contributed by atoms with E-state index in [2.05, 4.69) is 28.5 Å². The van der Waals surface area contributed by atoms with Gasteiger partial charge in [0.1, 0.15) is 11.5 Å². The molecule has 0 saturated heterocycles. The summed E-state index contributed by atoms with van der Waals surface area (Å²) in [6, 6.07) is 23.4. The van der Waals surface area contributed by atoms with Gasteiger partial charge in [-0.05, 0) is 54.8 Å². The molecule has 3 aromatic carbocycles. The fraction of sp³-hybridized carbons (Fsp3) is 0.222. The van der Waals surface area contributed by atoms with Gasteiger partial charge in [-0.1, -0.05) is 42.5 Å². The number of rotatable bonds is 5. The van der Waals surface area contributed by atoms with E-state index < -0.39 is 0 Å². The van der Waals surface area contributed by atoms with Gasteiger partial charge in [0.2, 0.25) is 0 Å². The molecule has 0 saturated carbocycles. The van der Waals surface area contributed by atoms with Crippen molar-refractivity contribution < 1.29 is 14.3 Å². The third-order valence-electron chi connectivity index (χ3n) is 6.16. The number of nitrogens with one attached hydrogen (secondary N) is 2. The van der Waals surface area contributed by atoms with Gasteiger partial charge in [-0.25, -0.2) is 4.79 Å². The number of carbonyl (C=O) groups excluding carboxylic acids is 1. The molecule has 0 bridgehead atoms. The van der Waals surface area contributed by atoms with Crippen molar-refractivity contribution in [3.05, 3.63) is 89.6 Å². The quantitative estimate of drug-likeness (QED) is 0.414. The molecule has 1 aliphatic heterocycles. The van der Waals surface area contributed by atoms with E-state index in [1.165, 1.54) is 10.9 Å². The van der Waals surface area contributed by atoms with Gasteiger partial charge >= 0.3 is 6.03 Å². The molecule has 4 aromatic rings. The van der Waals surface area contributed by atoms with E-state index in [4.69, 9.17) is 9.47 Å². The third kappa shape index (κ3) is 3.89. The number of urea groups is 1. The Morgan fingerprint density at radius 3 is 2.61 bits per heavy atom. The Morgan fingerprint density at radius 1 is 1.06 bits per heavy atom. The number of ether oxygens (including phenoxy) is 2. The first kappa shape index (κ1) is 20.9. The van der Waals surface area contributed by atoms with Crippen molar-refractivity contribution in [2.75, 3.05) is 25.6 Å². The Hall–Kier alpha value is -3.93. The third-order valence-corrected chi connectivity index (χ3v) is 6.16. The smallest absolute Gasteiger partial charge is 0.322 e. The Bertz CT molecular complexity index is 1280. The van der Waals surface area contributed by atoms with Gasteiger partial charge in [0.05, 0.1) is 25.4 Å². The molecule has 1 aliphatic rings. The number of aromatic amines is 1. The van der Waals surface area contributed by atoms with Crippen LogP contribution in [0.5, 0.6) is 11.5 Å². The van der Waals surface area contributed by atoms with Crippen LogP contribution in [0.1, 0.15) is 29.8 Å². The van der Waals surface area contributed by atoms with Crippen LogP contribution < -0.4 is 14.8 Å². The molecule has 0 spiro atoms. The molecule has 0 aliphatic carbocycles. The lowest BCUT2D eigenvalue weighted by molar-refractivity contribution is 0.193. The minimum absolute atomic E-state index is 0.160. The van der Waals surface area contributed by atoms with Crippen LogP contribution in [0.15, 0.2) is 72.8 Å². The van der Waals surface area contributed by atoms with E-state index in [0.717, 1.165) is 28.9 Å². The molecule has 5 rings (SSSR count).